The summed E-state index contributed by atoms with van der Waals surface area (Å²) >= 11 is 0. The molecule has 0 radical (unpaired) electrons. The molecule has 128 valence electrons. The Kier molecular flexibility index (Phi) is 12.6. The number of rotatable bonds is 8. The molecule has 0 atom stereocenters. The van der Waals surface area contributed by atoms with Crippen LogP contribution in [0.3, 0.4) is 0 Å². The van der Waals surface area contributed by atoms with Crippen molar-refractivity contribution in [1.82, 2.24) is 0 Å². The predicted octanol–water partition coefficient (Wildman–Crippen LogP) is -5.38. The molecular weight excluding hydrogens is 380 g/mol. The first kappa shape index (κ1) is 26.7. The van der Waals surface area contributed by atoms with Crippen LogP contribution in [-0.2, 0) is 20.2 Å². The first-order chi connectivity index (χ1) is 10.0. The molecule has 0 saturated heterocycles. The second-order valence-electron chi connectivity index (χ2n) is 4.72. The molecule has 0 amide bonds. The van der Waals surface area contributed by atoms with Crippen LogP contribution in [0.5, 0.6) is 0 Å². The normalized spacial score (nSPS) is 11.1. The van der Waals surface area contributed by atoms with Crippen molar-refractivity contribution >= 4 is 32.2 Å². The molecule has 0 fully saturated rings. The van der Waals surface area contributed by atoms with Crippen molar-refractivity contribution in [2.75, 3.05) is 29.5 Å². The molecule has 0 heterocycles. The van der Waals surface area contributed by atoms with Crippen molar-refractivity contribution in [3.63, 3.8) is 0 Å². The van der Waals surface area contributed by atoms with Gasteiger partial charge in [-0.15, -0.1) is 0 Å². The van der Waals surface area contributed by atoms with E-state index in [0.717, 1.165) is 0 Å². The molecule has 0 bridgehead atoms. The van der Waals surface area contributed by atoms with E-state index in [1.54, 1.807) is 13.0 Å². The van der Waals surface area contributed by atoms with Crippen LogP contribution in [-0.4, -0.2) is 56.8 Å². The minimum atomic E-state index is -4.21. The summed E-state index contributed by atoms with van der Waals surface area (Å²) in [5.41, 5.74) is 1.57. The molecule has 0 spiro atoms. The van der Waals surface area contributed by atoms with E-state index in [9.17, 15) is 21.6 Å². The van der Waals surface area contributed by atoms with Crippen LogP contribution in [0.1, 0.15) is 18.8 Å². The third-order valence-corrected chi connectivity index (χ3v) is 4.38. The van der Waals surface area contributed by atoms with Gasteiger partial charge >= 0.3 is 59.1 Å². The summed E-state index contributed by atoms with van der Waals surface area (Å²) in [6.07, 6.45) is 0.666. The first-order valence-electron chi connectivity index (χ1n) is 6.23. The zero-order valence-corrected chi connectivity index (χ0v) is 19.5. The summed E-state index contributed by atoms with van der Waals surface area (Å²) in [6, 6.07) is 4.65. The zero-order valence-electron chi connectivity index (χ0n) is 15.8. The van der Waals surface area contributed by atoms with Crippen LogP contribution in [0, 0.1) is 6.92 Å². The van der Waals surface area contributed by atoms with Crippen LogP contribution in [0.25, 0.3) is 0 Å². The summed E-state index contributed by atoms with van der Waals surface area (Å²) in [5, 5.41) is 0. The Morgan fingerprint density at radius 1 is 1.04 bits per heavy atom. The number of benzene rings is 1. The Morgan fingerprint density at radius 3 is 1.83 bits per heavy atom. The summed E-state index contributed by atoms with van der Waals surface area (Å²) in [5.74, 6) is -1.18. The summed E-state index contributed by atoms with van der Waals surface area (Å²) in [4.78, 5) is 12.2. The molecule has 1 aromatic rings. The molecule has 0 aliphatic carbocycles. The number of anilines is 1. The smallest absolute Gasteiger partial charge is 1.00 e. The van der Waals surface area contributed by atoms with Gasteiger partial charge in [0.15, 0.2) is 0 Å². The van der Waals surface area contributed by atoms with E-state index in [2.05, 4.69) is 0 Å². The number of carbonyl (C=O) groups excluding carboxylic acids is 1. The van der Waals surface area contributed by atoms with Gasteiger partial charge in [0, 0.05) is 24.3 Å². The number of hydrogen-bond acceptors (Lipinski definition) is 6. The average Bonchev–Trinajstić information content (AvgIpc) is 2.36. The Bertz CT molecular complexity index is 725. The Labute approximate surface area is 189 Å². The van der Waals surface area contributed by atoms with Gasteiger partial charge in [-0.2, -0.15) is 16.8 Å². The van der Waals surface area contributed by atoms with Gasteiger partial charge in [-0.1, -0.05) is 0 Å². The van der Waals surface area contributed by atoms with Crippen LogP contribution in [0.2, 0.25) is 0 Å². The molecule has 0 unspecified atom stereocenters. The van der Waals surface area contributed by atoms with E-state index >= 15 is 0 Å². The van der Waals surface area contributed by atoms with E-state index in [1.807, 2.05) is 0 Å². The maximum absolute atomic E-state index is 10.9. The average molecular weight is 399 g/mol. The monoisotopic (exact) mass is 399 g/mol. The van der Waals surface area contributed by atoms with Crippen LogP contribution in [0.15, 0.2) is 18.2 Å². The molecule has 12 heteroatoms. The summed E-state index contributed by atoms with van der Waals surface area (Å²) in [6.45, 7) is 1.36. The van der Waals surface area contributed by atoms with E-state index in [0.29, 0.717) is 23.1 Å². The molecule has 0 aliphatic heterocycles. The summed E-state index contributed by atoms with van der Waals surface area (Å²) < 4.78 is 61.0. The van der Waals surface area contributed by atoms with Gasteiger partial charge in [0.1, 0.15) is 6.29 Å². The molecule has 1 rings (SSSR count). The fourth-order valence-electron chi connectivity index (χ4n) is 1.81. The Balaban J connectivity index is -0.000000605. The maximum Gasteiger partial charge on any atom is 1.00 e. The number of nitrogens with zero attached hydrogens (tertiary/aromatic N) is 1. The zero-order chi connectivity index (χ0) is 17.0. The van der Waals surface area contributed by atoms with E-state index in [1.165, 1.54) is 17.0 Å². The van der Waals surface area contributed by atoms with E-state index in [4.69, 9.17) is 9.11 Å². The molecule has 0 aliphatic rings. The quantitative estimate of drug-likeness (QED) is 0.252. The fraction of sp³-hybridized carbons (Fsp3) is 0.417. The van der Waals surface area contributed by atoms with Crippen LogP contribution in [0.4, 0.5) is 5.69 Å². The third-order valence-electron chi connectivity index (χ3n) is 2.98. The number of carbonyl (C=O) groups is 1. The van der Waals surface area contributed by atoms with Crippen molar-refractivity contribution in [2.24, 2.45) is 0 Å². The van der Waals surface area contributed by atoms with Crippen molar-refractivity contribution in [3.8, 4) is 0 Å². The minimum absolute atomic E-state index is 0. The van der Waals surface area contributed by atoms with Gasteiger partial charge in [-0.3, -0.25) is 13.9 Å². The predicted molar refractivity (Wildman–Crippen MR) is 83.8 cm³/mol. The Hall–Kier alpha value is 0.510. The topological polar surface area (TPSA) is 129 Å². The number of aryl methyl sites for hydroxylation is 1. The van der Waals surface area contributed by atoms with Gasteiger partial charge in [0.05, 0.1) is 11.5 Å². The molecule has 1 aromatic carbocycles. The molecule has 8 nitrogen and oxygen atoms in total. The van der Waals surface area contributed by atoms with Gasteiger partial charge in [0.25, 0.3) is 20.2 Å². The minimum Gasteiger partial charge on any atom is -1.00 e. The molecular formula is C12H19NNa2O7S2. The number of hydrogen-bond donors (Lipinski definition) is 2. The van der Waals surface area contributed by atoms with Gasteiger partial charge < -0.3 is 7.75 Å². The second kappa shape index (κ2) is 11.3. The van der Waals surface area contributed by atoms with Crippen LogP contribution >= 0.6 is 0 Å². The third kappa shape index (κ3) is 10.5. The van der Waals surface area contributed by atoms with Crippen LogP contribution < -0.4 is 64.0 Å². The van der Waals surface area contributed by atoms with E-state index < -0.39 is 31.7 Å². The van der Waals surface area contributed by atoms with Crippen molar-refractivity contribution in [2.45, 2.75) is 6.92 Å². The molecule has 0 saturated carbocycles. The maximum atomic E-state index is 10.9. The molecule has 2 N–H and O–H groups in total. The SMILES string of the molecule is Cc1cc(N(CCS(=O)(=O)O)CCS(=O)(=O)O)ccc1C=O.[H-].[H-].[Na+].[Na+]. The summed E-state index contributed by atoms with van der Waals surface area (Å²) in [7, 11) is -8.43. The largest absolute Gasteiger partial charge is 1.00 e. The molecule has 0 aromatic heterocycles. The van der Waals surface area contributed by atoms with Gasteiger partial charge in [-0.05, 0) is 30.7 Å². The van der Waals surface area contributed by atoms with Gasteiger partial charge in [-0.25, -0.2) is 0 Å². The van der Waals surface area contributed by atoms with Crippen molar-refractivity contribution in [1.29, 1.82) is 0 Å². The van der Waals surface area contributed by atoms with Crippen molar-refractivity contribution in [3.05, 3.63) is 29.3 Å². The first-order valence-corrected chi connectivity index (χ1v) is 9.45. The number of aldehydes is 1. The van der Waals surface area contributed by atoms with E-state index in [-0.39, 0.29) is 75.1 Å². The Morgan fingerprint density at radius 2 is 1.50 bits per heavy atom. The van der Waals surface area contributed by atoms with Crippen molar-refractivity contribution < 1.29 is 92.7 Å². The molecule has 24 heavy (non-hydrogen) atoms. The van der Waals surface area contributed by atoms with Gasteiger partial charge in [0.2, 0.25) is 0 Å². The second-order valence-corrected chi connectivity index (χ2v) is 7.86. The standard InChI is InChI=1S/C12H17NO7S2.2Na.2H/c1-10-8-12(3-2-11(10)9-14)13(4-6-21(15,16)17)5-7-22(18,19)20;;;;/h2-3,8-9H,4-7H2,1H3,(H,15,16,17)(H,18,19,20);;;;/q;2*+1;2*-1. The fourth-order valence-corrected chi connectivity index (χ4v) is 2.71.